The number of hydrogen-bond donors (Lipinski definition) is 1. The fraction of sp³-hybridized carbons (Fsp3) is 0.200. The standard InChI is InChI=1S/C20H19ClN2O3S/c1-3-23-19(24)16(22-20(23)27)10-13-8-9-17(18(11-13)25-2)26-12-14-6-4-5-7-15(14)21/h4-11H,3,12H2,1-2H3,(H,22,27)/b16-10-. The van der Waals surface area contributed by atoms with Gasteiger partial charge < -0.3 is 14.8 Å². The molecule has 1 fully saturated rings. The lowest BCUT2D eigenvalue weighted by molar-refractivity contribution is -0.122. The zero-order valence-corrected chi connectivity index (χ0v) is 16.6. The van der Waals surface area contributed by atoms with Crippen LogP contribution in [0.2, 0.25) is 5.02 Å². The van der Waals surface area contributed by atoms with E-state index < -0.39 is 0 Å². The Morgan fingerprint density at radius 2 is 2.00 bits per heavy atom. The molecule has 1 aliphatic rings. The van der Waals surface area contributed by atoms with Crippen LogP contribution in [0.1, 0.15) is 18.1 Å². The average Bonchev–Trinajstić information content (AvgIpc) is 2.94. The number of nitrogens with one attached hydrogen (secondary N) is 1. The van der Waals surface area contributed by atoms with Gasteiger partial charge in [-0.05, 0) is 49.0 Å². The number of benzene rings is 2. The summed E-state index contributed by atoms with van der Waals surface area (Å²) in [5.41, 5.74) is 2.13. The van der Waals surface area contributed by atoms with Crippen molar-refractivity contribution in [2.45, 2.75) is 13.5 Å². The van der Waals surface area contributed by atoms with Crippen molar-refractivity contribution in [2.75, 3.05) is 13.7 Å². The van der Waals surface area contributed by atoms with Gasteiger partial charge in [0.1, 0.15) is 12.3 Å². The lowest BCUT2D eigenvalue weighted by Crippen LogP contribution is -2.30. The minimum Gasteiger partial charge on any atom is -0.493 e. The molecule has 140 valence electrons. The highest BCUT2D eigenvalue weighted by molar-refractivity contribution is 7.80. The van der Waals surface area contributed by atoms with Gasteiger partial charge in [0.2, 0.25) is 0 Å². The summed E-state index contributed by atoms with van der Waals surface area (Å²) in [5, 5.41) is 4.01. The van der Waals surface area contributed by atoms with Gasteiger partial charge in [0.05, 0.1) is 7.11 Å². The van der Waals surface area contributed by atoms with Gasteiger partial charge in [0.25, 0.3) is 5.91 Å². The highest BCUT2D eigenvalue weighted by Gasteiger charge is 2.29. The molecule has 0 saturated carbocycles. The third kappa shape index (κ3) is 4.23. The van der Waals surface area contributed by atoms with Crippen LogP contribution in [-0.4, -0.2) is 29.6 Å². The second kappa shape index (κ2) is 8.41. The molecule has 5 nitrogen and oxygen atoms in total. The molecule has 0 unspecified atom stereocenters. The first-order valence-electron chi connectivity index (χ1n) is 8.42. The molecule has 0 bridgehead atoms. The van der Waals surface area contributed by atoms with Gasteiger partial charge in [0, 0.05) is 17.1 Å². The third-order valence-electron chi connectivity index (χ3n) is 4.12. The van der Waals surface area contributed by atoms with Crippen molar-refractivity contribution in [3.8, 4) is 11.5 Å². The normalized spacial score (nSPS) is 15.2. The van der Waals surface area contributed by atoms with Gasteiger partial charge >= 0.3 is 0 Å². The molecular weight excluding hydrogens is 384 g/mol. The summed E-state index contributed by atoms with van der Waals surface area (Å²) in [6.45, 7) is 2.74. The van der Waals surface area contributed by atoms with Crippen molar-refractivity contribution in [3.63, 3.8) is 0 Å². The van der Waals surface area contributed by atoms with Gasteiger partial charge in [-0.3, -0.25) is 9.69 Å². The molecule has 1 saturated heterocycles. The number of amides is 1. The third-order valence-corrected chi connectivity index (χ3v) is 4.81. The van der Waals surface area contributed by atoms with Crippen molar-refractivity contribution in [1.82, 2.24) is 10.2 Å². The lowest BCUT2D eigenvalue weighted by atomic mass is 10.1. The van der Waals surface area contributed by atoms with E-state index in [1.165, 1.54) is 4.90 Å². The Morgan fingerprint density at radius 3 is 2.67 bits per heavy atom. The van der Waals surface area contributed by atoms with E-state index in [4.69, 9.17) is 33.3 Å². The highest BCUT2D eigenvalue weighted by atomic mass is 35.5. The maximum Gasteiger partial charge on any atom is 0.276 e. The molecule has 1 heterocycles. The van der Waals surface area contributed by atoms with Crippen LogP contribution in [0.3, 0.4) is 0 Å². The van der Waals surface area contributed by atoms with Gasteiger partial charge in [0.15, 0.2) is 16.6 Å². The summed E-state index contributed by atoms with van der Waals surface area (Å²) < 4.78 is 11.3. The summed E-state index contributed by atoms with van der Waals surface area (Å²) in [6, 6.07) is 13.0. The van der Waals surface area contributed by atoms with E-state index in [0.717, 1.165) is 11.1 Å². The highest BCUT2D eigenvalue weighted by Crippen LogP contribution is 2.30. The van der Waals surface area contributed by atoms with E-state index in [-0.39, 0.29) is 5.91 Å². The summed E-state index contributed by atoms with van der Waals surface area (Å²) >= 11 is 11.3. The summed E-state index contributed by atoms with van der Waals surface area (Å²) in [7, 11) is 1.57. The summed E-state index contributed by atoms with van der Waals surface area (Å²) in [5.74, 6) is 1.02. The molecule has 0 radical (unpaired) electrons. The van der Waals surface area contributed by atoms with E-state index >= 15 is 0 Å². The van der Waals surface area contributed by atoms with Crippen molar-refractivity contribution in [3.05, 3.63) is 64.3 Å². The maximum atomic E-state index is 12.3. The minimum absolute atomic E-state index is 0.138. The van der Waals surface area contributed by atoms with Crippen LogP contribution in [0.5, 0.6) is 11.5 Å². The van der Waals surface area contributed by atoms with E-state index in [1.54, 1.807) is 19.3 Å². The van der Waals surface area contributed by atoms with Crippen LogP contribution in [0, 0.1) is 0 Å². The number of nitrogens with zero attached hydrogens (tertiary/aromatic N) is 1. The number of hydrogen-bond acceptors (Lipinski definition) is 4. The zero-order chi connectivity index (χ0) is 19.4. The fourth-order valence-electron chi connectivity index (χ4n) is 2.69. The lowest BCUT2D eigenvalue weighted by Gasteiger charge is -2.12. The number of ether oxygens (including phenoxy) is 2. The number of thiocarbonyl (C=S) groups is 1. The van der Waals surface area contributed by atoms with Crippen LogP contribution in [-0.2, 0) is 11.4 Å². The van der Waals surface area contributed by atoms with Crippen molar-refractivity contribution >= 4 is 40.9 Å². The van der Waals surface area contributed by atoms with Crippen LogP contribution in [0.4, 0.5) is 0 Å². The number of methoxy groups -OCH3 is 1. The Labute approximate surface area is 168 Å². The maximum absolute atomic E-state index is 12.3. The molecule has 0 spiro atoms. The number of carbonyl (C=O) groups is 1. The van der Waals surface area contributed by atoms with Crippen molar-refractivity contribution in [1.29, 1.82) is 0 Å². The fourth-order valence-corrected chi connectivity index (χ4v) is 3.20. The number of halogens is 1. The van der Waals surface area contributed by atoms with Crippen molar-refractivity contribution < 1.29 is 14.3 Å². The first kappa shape index (κ1) is 19.2. The Morgan fingerprint density at radius 1 is 1.22 bits per heavy atom. The molecule has 1 amide bonds. The molecule has 27 heavy (non-hydrogen) atoms. The molecule has 3 rings (SSSR count). The van der Waals surface area contributed by atoms with E-state index in [2.05, 4.69) is 5.32 Å². The molecule has 0 atom stereocenters. The number of rotatable bonds is 6. The van der Waals surface area contributed by atoms with Crippen LogP contribution >= 0.6 is 23.8 Å². The quantitative estimate of drug-likeness (QED) is 0.584. The Balaban J connectivity index is 1.79. The Hall–Kier alpha value is -2.57. The number of carbonyl (C=O) groups excluding carboxylic acids is 1. The van der Waals surface area contributed by atoms with Crippen molar-refractivity contribution in [2.24, 2.45) is 0 Å². The van der Waals surface area contributed by atoms with Crippen LogP contribution in [0.25, 0.3) is 6.08 Å². The second-order valence-corrected chi connectivity index (χ2v) is 6.62. The minimum atomic E-state index is -0.138. The smallest absolute Gasteiger partial charge is 0.276 e. The first-order chi connectivity index (χ1) is 13.0. The van der Waals surface area contributed by atoms with E-state index in [9.17, 15) is 4.79 Å². The molecule has 0 aliphatic carbocycles. The second-order valence-electron chi connectivity index (χ2n) is 5.83. The predicted molar refractivity (Wildman–Crippen MR) is 110 cm³/mol. The Bertz CT molecular complexity index is 914. The Kier molecular flexibility index (Phi) is 5.98. The topological polar surface area (TPSA) is 50.8 Å². The molecule has 2 aromatic carbocycles. The van der Waals surface area contributed by atoms with Gasteiger partial charge in [-0.25, -0.2) is 0 Å². The molecule has 7 heteroatoms. The molecule has 2 aromatic rings. The molecule has 1 aliphatic heterocycles. The molecule has 1 N–H and O–H groups in total. The largest absolute Gasteiger partial charge is 0.493 e. The van der Waals surface area contributed by atoms with Gasteiger partial charge in [-0.15, -0.1) is 0 Å². The summed E-state index contributed by atoms with van der Waals surface area (Å²) in [6.07, 6.45) is 1.74. The molecular formula is C20H19ClN2O3S. The van der Waals surface area contributed by atoms with E-state index in [0.29, 0.717) is 40.5 Å². The van der Waals surface area contributed by atoms with Crippen LogP contribution in [0.15, 0.2) is 48.2 Å². The monoisotopic (exact) mass is 402 g/mol. The zero-order valence-electron chi connectivity index (χ0n) is 15.0. The molecule has 0 aromatic heterocycles. The average molecular weight is 403 g/mol. The summed E-state index contributed by atoms with van der Waals surface area (Å²) in [4.78, 5) is 13.8. The van der Waals surface area contributed by atoms with E-state index in [1.807, 2.05) is 43.3 Å². The SMILES string of the molecule is CCN1C(=O)/C(=C/c2ccc(OCc3ccccc3Cl)c(OC)c2)NC1=S. The predicted octanol–water partition coefficient (Wildman–Crippen LogP) is 4.01. The van der Waals surface area contributed by atoms with Gasteiger partial charge in [-0.2, -0.15) is 0 Å². The van der Waals surface area contributed by atoms with Crippen LogP contribution < -0.4 is 14.8 Å². The van der Waals surface area contributed by atoms with Gasteiger partial charge in [-0.1, -0.05) is 35.9 Å². The first-order valence-corrected chi connectivity index (χ1v) is 9.21. The number of likely N-dealkylation sites (N-methyl/N-ethyl adjacent to an activating group) is 1.